The van der Waals surface area contributed by atoms with Gasteiger partial charge in [-0.2, -0.15) is 0 Å². The Bertz CT molecular complexity index is 405. The molecule has 1 fully saturated rings. The Labute approximate surface area is 106 Å². The largest absolute Gasteiger partial charge is 0.490 e. The third-order valence-electron chi connectivity index (χ3n) is 3.00. The van der Waals surface area contributed by atoms with Crippen molar-refractivity contribution in [3.8, 4) is 5.75 Å². The smallest absolute Gasteiger partial charge is 0.407 e. The molecule has 2 rings (SSSR count). The van der Waals surface area contributed by atoms with Crippen LogP contribution in [0, 0.1) is 0 Å². The van der Waals surface area contributed by atoms with Crippen LogP contribution in [0.15, 0.2) is 24.3 Å². The van der Waals surface area contributed by atoms with E-state index in [-0.39, 0.29) is 12.2 Å². The summed E-state index contributed by atoms with van der Waals surface area (Å²) >= 11 is 0. The Kier molecular flexibility index (Phi) is 4.04. The molecule has 0 spiro atoms. The van der Waals surface area contributed by atoms with Crippen LogP contribution in [-0.2, 0) is 4.74 Å². The summed E-state index contributed by atoms with van der Waals surface area (Å²) in [6, 6.07) is 8.21. The molecule has 2 atom stereocenters. The molecule has 1 amide bonds. The highest BCUT2D eigenvalue weighted by molar-refractivity contribution is 5.69. The molecular formula is C13H18N2O3. The maximum Gasteiger partial charge on any atom is 0.407 e. The van der Waals surface area contributed by atoms with Crippen molar-refractivity contribution in [1.82, 2.24) is 10.6 Å². The Hall–Kier alpha value is -1.75. The number of hydrogen-bond acceptors (Lipinski definition) is 4. The number of ether oxygens (including phenoxy) is 2. The summed E-state index contributed by atoms with van der Waals surface area (Å²) in [7, 11) is 1.93. The first-order valence-electron chi connectivity index (χ1n) is 6.03. The lowest BCUT2D eigenvalue weighted by Gasteiger charge is -2.13. The van der Waals surface area contributed by atoms with Crippen molar-refractivity contribution in [3.05, 3.63) is 29.8 Å². The highest BCUT2D eigenvalue weighted by Gasteiger charge is 2.22. The molecule has 2 unspecified atom stereocenters. The second kappa shape index (κ2) is 5.73. The van der Waals surface area contributed by atoms with Crippen molar-refractivity contribution in [2.24, 2.45) is 0 Å². The van der Waals surface area contributed by atoms with Crippen LogP contribution in [0.2, 0.25) is 0 Å². The fourth-order valence-corrected chi connectivity index (χ4v) is 1.73. The van der Waals surface area contributed by atoms with Gasteiger partial charge in [-0.3, -0.25) is 0 Å². The average Bonchev–Trinajstić information content (AvgIpc) is 2.82. The van der Waals surface area contributed by atoms with E-state index in [9.17, 15) is 4.79 Å². The third-order valence-corrected chi connectivity index (χ3v) is 3.00. The van der Waals surface area contributed by atoms with Gasteiger partial charge in [0.15, 0.2) is 6.10 Å². The third kappa shape index (κ3) is 3.13. The molecule has 1 heterocycles. The molecule has 0 radical (unpaired) electrons. The zero-order chi connectivity index (χ0) is 13.0. The number of alkyl carbamates (subject to hydrolysis) is 1. The van der Waals surface area contributed by atoms with Crippen molar-refractivity contribution in [1.29, 1.82) is 0 Å². The van der Waals surface area contributed by atoms with Crippen LogP contribution in [0.3, 0.4) is 0 Å². The molecule has 1 aliphatic heterocycles. The summed E-state index contributed by atoms with van der Waals surface area (Å²) < 4.78 is 10.5. The number of amides is 1. The standard InChI is InChI=1S/C13H18N2O3/c1-9(14-2)10-3-5-11(6-4-10)17-8-12-7-15-13(16)18-12/h3-6,9,12,14H,7-8H2,1-2H3,(H,15,16). The molecule has 2 N–H and O–H groups in total. The molecule has 0 aromatic heterocycles. The molecule has 0 saturated carbocycles. The summed E-state index contributed by atoms with van der Waals surface area (Å²) in [6.07, 6.45) is -0.574. The zero-order valence-corrected chi connectivity index (χ0v) is 10.6. The molecule has 98 valence electrons. The Morgan fingerprint density at radius 1 is 1.50 bits per heavy atom. The lowest BCUT2D eigenvalue weighted by atomic mass is 10.1. The topological polar surface area (TPSA) is 59.6 Å². The van der Waals surface area contributed by atoms with Gasteiger partial charge in [0.25, 0.3) is 0 Å². The maximum atomic E-state index is 10.8. The maximum absolute atomic E-state index is 10.8. The number of benzene rings is 1. The highest BCUT2D eigenvalue weighted by atomic mass is 16.6. The highest BCUT2D eigenvalue weighted by Crippen LogP contribution is 2.17. The molecule has 5 heteroatoms. The average molecular weight is 250 g/mol. The van der Waals surface area contributed by atoms with Crippen molar-refractivity contribution >= 4 is 6.09 Å². The molecule has 0 aliphatic carbocycles. The van der Waals surface area contributed by atoms with Gasteiger partial charge in [-0.25, -0.2) is 4.79 Å². The molecular weight excluding hydrogens is 232 g/mol. The number of hydrogen-bond donors (Lipinski definition) is 2. The summed E-state index contributed by atoms with van der Waals surface area (Å²) in [4.78, 5) is 10.8. The lowest BCUT2D eigenvalue weighted by Crippen LogP contribution is -2.22. The van der Waals surface area contributed by atoms with E-state index in [2.05, 4.69) is 17.6 Å². The number of cyclic esters (lactones) is 1. The van der Waals surface area contributed by atoms with E-state index in [4.69, 9.17) is 9.47 Å². The molecule has 1 aliphatic rings. The van der Waals surface area contributed by atoms with Crippen LogP contribution >= 0.6 is 0 Å². The second-order valence-corrected chi connectivity index (χ2v) is 4.30. The number of nitrogens with one attached hydrogen (secondary N) is 2. The van der Waals surface area contributed by atoms with E-state index < -0.39 is 0 Å². The molecule has 0 bridgehead atoms. The first-order chi connectivity index (χ1) is 8.69. The van der Waals surface area contributed by atoms with Crippen LogP contribution in [0.25, 0.3) is 0 Å². The van der Waals surface area contributed by atoms with Crippen LogP contribution < -0.4 is 15.4 Å². The normalized spacial score (nSPS) is 20.1. The predicted octanol–water partition coefficient (Wildman–Crippen LogP) is 1.45. The summed E-state index contributed by atoms with van der Waals surface area (Å²) in [6.45, 7) is 2.98. The molecule has 5 nitrogen and oxygen atoms in total. The second-order valence-electron chi connectivity index (χ2n) is 4.30. The van der Waals surface area contributed by atoms with Crippen molar-refractivity contribution in [3.63, 3.8) is 0 Å². The number of rotatable bonds is 5. The minimum absolute atomic E-state index is 0.201. The van der Waals surface area contributed by atoms with Gasteiger partial charge in [0.05, 0.1) is 6.54 Å². The first kappa shape index (κ1) is 12.7. The van der Waals surface area contributed by atoms with Crippen molar-refractivity contribution in [2.75, 3.05) is 20.2 Å². The predicted molar refractivity (Wildman–Crippen MR) is 67.7 cm³/mol. The quantitative estimate of drug-likeness (QED) is 0.830. The van der Waals surface area contributed by atoms with Gasteiger partial charge < -0.3 is 20.1 Å². The number of carbonyl (C=O) groups excluding carboxylic acids is 1. The van der Waals surface area contributed by atoms with Crippen LogP contribution in [0.1, 0.15) is 18.5 Å². The van der Waals surface area contributed by atoms with E-state index in [1.54, 1.807) is 0 Å². The van der Waals surface area contributed by atoms with Gasteiger partial charge in [-0.05, 0) is 31.7 Å². The van der Waals surface area contributed by atoms with Crippen molar-refractivity contribution in [2.45, 2.75) is 19.1 Å². The summed E-state index contributed by atoms with van der Waals surface area (Å²) in [5, 5.41) is 5.76. The zero-order valence-electron chi connectivity index (χ0n) is 10.6. The minimum atomic E-state index is -0.373. The first-order valence-corrected chi connectivity index (χ1v) is 6.03. The van der Waals surface area contributed by atoms with E-state index >= 15 is 0 Å². The van der Waals surface area contributed by atoms with Gasteiger partial charge in [0.1, 0.15) is 12.4 Å². The minimum Gasteiger partial charge on any atom is -0.490 e. The van der Waals surface area contributed by atoms with E-state index in [1.807, 2.05) is 31.3 Å². The molecule has 18 heavy (non-hydrogen) atoms. The van der Waals surface area contributed by atoms with Gasteiger partial charge >= 0.3 is 6.09 Å². The SMILES string of the molecule is CNC(C)c1ccc(OCC2CNC(=O)O2)cc1. The summed E-state index contributed by atoms with van der Waals surface area (Å²) in [5.41, 5.74) is 1.21. The van der Waals surface area contributed by atoms with Gasteiger partial charge in [0, 0.05) is 6.04 Å². The van der Waals surface area contributed by atoms with E-state index in [0.717, 1.165) is 5.75 Å². The monoisotopic (exact) mass is 250 g/mol. The fraction of sp³-hybridized carbons (Fsp3) is 0.462. The molecule has 1 saturated heterocycles. The van der Waals surface area contributed by atoms with Crippen LogP contribution in [0.4, 0.5) is 4.79 Å². The van der Waals surface area contributed by atoms with Crippen molar-refractivity contribution < 1.29 is 14.3 Å². The summed E-state index contributed by atoms with van der Waals surface area (Å²) in [5.74, 6) is 0.782. The van der Waals surface area contributed by atoms with Gasteiger partial charge in [-0.1, -0.05) is 12.1 Å². The van der Waals surface area contributed by atoms with Gasteiger partial charge in [-0.15, -0.1) is 0 Å². The van der Waals surface area contributed by atoms with E-state index in [1.165, 1.54) is 5.56 Å². The Balaban J connectivity index is 1.84. The molecule has 1 aromatic rings. The van der Waals surface area contributed by atoms with Gasteiger partial charge in [0.2, 0.25) is 0 Å². The Morgan fingerprint density at radius 2 is 2.22 bits per heavy atom. The number of carbonyl (C=O) groups is 1. The van der Waals surface area contributed by atoms with Crippen LogP contribution in [-0.4, -0.2) is 32.4 Å². The van der Waals surface area contributed by atoms with Crippen LogP contribution in [0.5, 0.6) is 5.75 Å². The fourth-order valence-electron chi connectivity index (χ4n) is 1.73. The van der Waals surface area contributed by atoms with E-state index in [0.29, 0.717) is 19.2 Å². The molecule has 1 aromatic carbocycles. The Morgan fingerprint density at radius 3 is 2.78 bits per heavy atom. The lowest BCUT2D eigenvalue weighted by molar-refractivity contribution is 0.105.